The number of carbonyl (C=O) groups is 1. The Labute approximate surface area is 172 Å². The van der Waals surface area contributed by atoms with Gasteiger partial charge in [-0.2, -0.15) is 15.0 Å². The van der Waals surface area contributed by atoms with Crippen LogP contribution in [-0.4, -0.2) is 37.2 Å². The minimum absolute atomic E-state index is 0.00146. The molecule has 160 valence electrons. The molecule has 0 saturated heterocycles. The summed E-state index contributed by atoms with van der Waals surface area (Å²) in [7, 11) is 0. The van der Waals surface area contributed by atoms with Crippen molar-refractivity contribution >= 4 is 5.78 Å². The smallest absolute Gasteiger partial charge is 0.159 e. The van der Waals surface area contributed by atoms with Gasteiger partial charge in [0.2, 0.25) is 0 Å². The summed E-state index contributed by atoms with van der Waals surface area (Å²) in [4.78, 5) is 14.6. The van der Waals surface area contributed by atoms with Gasteiger partial charge in [0.25, 0.3) is 0 Å². The van der Waals surface area contributed by atoms with Crippen LogP contribution in [0.1, 0.15) is 71.6 Å². The molecule has 8 atom stereocenters. The molecule has 1 N–H and O–H groups in total. The van der Waals surface area contributed by atoms with E-state index < -0.39 is 11.3 Å². The van der Waals surface area contributed by atoms with Gasteiger partial charge in [-0.25, -0.2) is 4.39 Å². The minimum Gasteiger partial charge on any atom is -0.390 e. The zero-order valence-electron chi connectivity index (χ0n) is 17.7. The van der Waals surface area contributed by atoms with Crippen LogP contribution in [0.4, 0.5) is 4.39 Å². The molecule has 4 aliphatic carbocycles. The zero-order valence-corrected chi connectivity index (χ0v) is 17.7. The van der Waals surface area contributed by atoms with Crippen molar-refractivity contribution in [1.29, 1.82) is 0 Å². The molecule has 0 unspecified atom stereocenters. The molecule has 0 radical (unpaired) electrons. The van der Waals surface area contributed by atoms with E-state index in [0.717, 1.165) is 38.5 Å². The number of aliphatic hydroxyl groups is 1. The van der Waals surface area contributed by atoms with Crippen LogP contribution in [0.25, 0.3) is 0 Å². The Bertz CT molecular complexity index is 781. The highest BCUT2D eigenvalue weighted by molar-refractivity contribution is 5.82. The highest BCUT2D eigenvalue weighted by atomic mass is 19.1. The van der Waals surface area contributed by atoms with E-state index in [2.05, 4.69) is 17.1 Å². The molecular weight excluding hydrogens is 369 g/mol. The fourth-order valence-electron chi connectivity index (χ4n) is 8.08. The molecule has 6 heteroatoms. The van der Waals surface area contributed by atoms with Gasteiger partial charge in [0.15, 0.2) is 5.78 Å². The predicted octanol–water partition coefficient (Wildman–Crippen LogP) is 3.96. The third-order valence-electron chi connectivity index (χ3n) is 9.47. The summed E-state index contributed by atoms with van der Waals surface area (Å²) in [6.45, 7) is 4.42. The number of fused-ring (bicyclic) bond motifs is 5. The first-order chi connectivity index (χ1) is 13.7. The second-order valence-electron chi connectivity index (χ2n) is 11.0. The van der Waals surface area contributed by atoms with Gasteiger partial charge in [-0.1, -0.05) is 6.92 Å². The van der Waals surface area contributed by atoms with Gasteiger partial charge in [0, 0.05) is 5.92 Å². The van der Waals surface area contributed by atoms with Crippen LogP contribution in [0.5, 0.6) is 0 Å². The quantitative estimate of drug-likeness (QED) is 0.829. The Kier molecular flexibility index (Phi) is 4.47. The van der Waals surface area contributed by atoms with Crippen LogP contribution >= 0.6 is 0 Å². The van der Waals surface area contributed by atoms with Gasteiger partial charge in [0.05, 0.1) is 18.0 Å². The van der Waals surface area contributed by atoms with E-state index in [-0.39, 0.29) is 35.5 Å². The first kappa shape index (κ1) is 19.7. The molecule has 1 heterocycles. The number of aromatic nitrogens is 3. The number of rotatable bonds is 3. The maximum atomic E-state index is 16.4. The van der Waals surface area contributed by atoms with Crippen LogP contribution in [0, 0.1) is 35.0 Å². The molecule has 4 fully saturated rings. The molecule has 0 spiro atoms. The van der Waals surface area contributed by atoms with Crippen LogP contribution < -0.4 is 0 Å². The van der Waals surface area contributed by atoms with Gasteiger partial charge in [-0.15, -0.1) is 0 Å². The number of Topliss-reactive ketones (excluding diaryl/α,β-unsaturated/α-hetero) is 1. The molecule has 0 aliphatic heterocycles. The van der Waals surface area contributed by atoms with E-state index >= 15 is 4.39 Å². The summed E-state index contributed by atoms with van der Waals surface area (Å²) in [6.07, 6.45) is 10.6. The van der Waals surface area contributed by atoms with E-state index in [0.29, 0.717) is 31.1 Å². The lowest BCUT2D eigenvalue weighted by Crippen LogP contribution is -2.58. The lowest BCUT2D eigenvalue weighted by molar-refractivity contribution is -0.166. The molecule has 0 amide bonds. The lowest BCUT2D eigenvalue weighted by atomic mass is 9.48. The van der Waals surface area contributed by atoms with E-state index in [1.165, 1.54) is 4.80 Å². The third-order valence-corrected chi connectivity index (χ3v) is 9.47. The SMILES string of the molecule is C[C@@]1(O)CC[C@@]2(F)[C@H](CC[C@H]3[C@@H]4CC[C@H](C(=O)Cn5nccn5)[C@@]4(C)CC[C@@H]32)C1. The molecule has 5 nitrogen and oxygen atoms in total. The van der Waals surface area contributed by atoms with Crippen molar-refractivity contribution in [2.24, 2.45) is 35.0 Å². The Morgan fingerprint density at radius 3 is 2.59 bits per heavy atom. The number of nitrogens with zero attached hydrogens (tertiary/aromatic N) is 3. The van der Waals surface area contributed by atoms with Crippen LogP contribution in [0.3, 0.4) is 0 Å². The minimum atomic E-state index is -1.12. The summed E-state index contributed by atoms with van der Waals surface area (Å²) in [6, 6.07) is 0. The maximum Gasteiger partial charge on any atom is 0.159 e. The largest absolute Gasteiger partial charge is 0.390 e. The zero-order chi connectivity index (χ0) is 20.4. The lowest BCUT2D eigenvalue weighted by Gasteiger charge is -2.59. The summed E-state index contributed by atoms with van der Waals surface area (Å²) in [5.41, 5.74) is -1.84. The van der Waals surface area contributed by atoms with Crippen molar-refractivity contribution < 1.29 is 14.3 Å². The maximum absolute atomic E-state index is 16.4. The molecule has 1 aromatic heterocycles. The standard InChI is InChI=1S/C23H34FN3O2/c1-21(29)9-10-23(24)15(13-21)3-4-16-17-5-6-19(22(17,2)8-7-18(16)23)20(28)14-27-25-11-12-26-27/h11-12,15-19,29H,3-10,13-14H2,1-2H3/t15-,16+,17+,18+,19-,21-,22+,23-/m1/s1. The molecule has 4 aliphatic rings. The highest BCUT2D eigenvalue weighted by Crippen LogP contribution is 2.66. The second-order valence-corrected chi connectivity index (χ2v) is 11.0. The number of alkyl halides is 1. The van der Waals surface area contributed by atoms with Crippen LogP contribution in [0.2, 0.25) is 0 Å². The van der Waals surface area contributed by atoms with Crippen molar-refractivity contribution in [3.63, 3.8) is 0 Å². The van der Waals surface area contributed by atoms with E-state index in [1.807, 2.05) is 6.92 Å². The van der Waals surface area contributed by atoms with Crippen molar-refractivity contribution in [2.75, 3.05) is 0 Å². The predicted molar refractivity (Wildman–Crippen MR) is 107 cm³/mol. The van der Waals surface area contributed by atoms with Crippen LogP contribution in [-0.2, 0) is 11.3 Å². The number of hydrogen-bond acceptors (Lipinski definition) is 4. The molecule has 1 aromatic rings. The van der Waals surface area contributed by atoms with Gasteiger partial charge in [-0.05, 0) is 93.8 Å². The van der Waals surface area contributed by atoms with Crippen molar-refractivity contribution in [1.82, 2.24) is 15.0 Å². The van der Waals surface area contributed by atoms with Gasteiger partial charge in [-0.3, -0.25) is 4.79 Å². The third kappa shape index (κ3) is 3.00. The van der Waals surface area contributed by atoms with E-state index in [4.69, 9.17) is 0 Å². The van der Waals surface area contributed by atoms with Crippen molar-refractivity contribution in [3.05, 3.63) is 12.4 Å². The normalized spacial score (nSPS) is 49.2. The summed E-state index contributed by atoms with van der Waals surface area (Å²) < 4.78 is 16.4. The molecule has 5 rings (SSSR count). The molecule has 29 heavy (non-hydrogen) atoms. The summed E-state index contributed by atoms with van der Waals surface area (Å²) in [5.74, 6) is 1.22. The van der Waals surface area contributed by atoms with Gasteiger partial charge in [0.1, 0.15) is 12.2 Å². The number of ketones is 1. The molecule has 0 bridgehead atoms. The number of halogens is 1. The Balaban J connectivity index is 1.36. The van der Waals surface area contributed by atoms with Crippen molar-refractivity contribution in [3.8, 4) is 0 Å². The highest BCUT2D eigenvalue weighted by Gasteiger charge is 2.63. The number of hydrogen-bond donors (Lipinski definition) is 1. The van der Waals surface area contributed by atoms with E-state index in [1.54, 1.807) is 12.4 Å². The van der Waals surface area contributed by atoms with Crippen LogP contribution in [0.15, 0.2) is 12.4 Å². The van der Waals surface area contributed by atoms with Gasteiger partial charge >= 0.3 is 0 Å². The second kappa shape index (κ2) is 6.60. The first-order valence-electron chi connectivity index (χ1n) is 11.5. The van der Waals surface area contributed by atoms with Gasteiger partial charge < -0.3 is 5.11 Å². The first-order valence-corrected chi connectivity index (χ1v) is 11.5. The Morgan fingerprint density at radius 2 is 1.83 bits per heavy atom. The van der Waals surface area contributed by atoms with Crippen molar-refractivity contribution in [2.45, 2.75) is 89.4 Å². The topological polar surface area (TPSA) is 68.0 Å². The monoisotopic (exact) mass is 403 g/mol. The number of carbonyl (C=O) groups excluding carboxylic acids is 1. The fraction of sp³-hybridized carbons (Fsp3) is 0.870. The molecule has 0 aromatic carbocycles. The Hall–Kier alpha value is -1.30. The van der Waals surface area contributed by atoms with E-state index in [9.17, 15) is 9.90 Å². The Morgan fingerprint density at radius 1 is 1.07 bits per heavy atom. The molecule has 4 saturated carbocycles. The average Bonchev–Trinajstić information content (AvgIpc) is 3.29. The summed E-state index contributed by atoms with van der Waals surface area (Å²) in [5, 5.41) is 18.7. The fourth-order valence-corrected chi connectivity index (χ4v) is 8.08. The average molecular weight is 404 g/mol. The molecular formula is C23H34FN3O2. The summed E-state index contributed by atoms with van der Waals surface area (Å²) >= 11 is 0.